The lowest BCUT2D eigenvalue weighted by Gasteiger charge is -2.28. The van der Waals surface area contributed by atoms with E-state index in [1.807, 2.05) is 6.08 Å². The first kappa shape index (κ1) is 55.8. The maximum absolute atomic E-state index is 7.16. The van der Waals surface area contributed by atoms with Crippen LogP contribution in [-0.2, 0) is 0 Å². The number of hydrogen-bond donors (Lipinski definition) is 0. The third-order valence-electron chi connectivity index (χ3n) is 21.9. The van der Waals surface area contributed by atoms with E-state index in [2.05, 4.69) is 317 Å². The van der Waals surface area contributed by atoms with Gasteiger partial charge >= 0.3 is 0 Å². The van der Waals surface area contributed by atoms with Gasteiger partial charge in [0.05, 0.1) is 0 Å². The van der Waals surface area contributed by atoms with E-state index in [-0.39, 0.29) is 0 Å². The van der Waals surface area contributed by atoms with Gasteiger partial charge in [-0.1, -0.05) is 243 Å². The number of benzene rings is 17. The van der Waals surface area contributed by atoms with Gasteiger partial charge in [-0.3, -0.25) is 0 Å². The summed E-state index contributed by atoms with van der Waals surface area (Å²) < 4.78 is 28.6. The maximum Gasteiger partial charge on any atom is 0.143 e. The highest BCUT2D eigenvalue weighted by Gasteiger charge is 2.32. The molecule has 1 aliphatic rings. The molecule has 0 aliphatic heterocycles. The largest absolute Gasteiger partial charge is 0.455 e. The fourth-order valence-corrected chi connectivity index (χ4v) is 17.5. The van der Waals surface area contributed by atoms with E-state index in [9.17, 15) is 0 Å². The van der Waals surface area contributed by atoms with Crippen LogP contribution in [0.2, 0.25) is 0 Å². The molecular weight excluding hydrogens is 1230 g/mol. The van der Waals surface area contributed by atoms with Crippen molar-refractivity contribution in [2.24, 2.45) is 0 Å². The second kappa shape index (κ2) is 21.1. The van der Waals surface area contributed by atoms with Gasteiger partial charge in [-0.05, 0) is 211 Å². The number of rotatable bonds is 6. The quantitative estimate of drug-likeness (QED) is 0.156. The van der Waals surface area contributed by atoms with Gasteiger partial charge in [0.1, 0.15) is 44.8 Å². The molecule has 0 saturated heterocycles. The van der Waals surface area contributed by atoms with Gasteiger partial charge in [0.25, 0.3) is 0 Å². The summed E-state index contributed by atoms with van der Waals surface area (Å²) in [7, 11) is 0. The van der Waals surface area contributed by atoms with Crippen LogP contribution < -0.4 is 0 Å². The molecule has 4 nitrogen and oxygen atoms in total. The number of para-hydroxylation sites is 7. The number of furan rings is 4. The van der Waals surface area contributed by atoms with E-state index in [1.54, 1.807) is 0 Å². The summed E-state index contributed by atoms with van der Waals surface area (Å²) in [6.07, 6.45) is 6.05. The Morgan fingerprint density at radius 2 is 0.436 bits per heavy atom. The van der Waals surface area contributed by atoms with Gasteiger partial charge in [-0.25, -0.2) is 0 Å². The molecule has 4 heteroatoms. The van der Waals surface area contributed by atoms with Crippen LogP contribution in [0.4, 0.5) is 0 Å². The summed E-state index contributed by atoms with van der Waals surface area (Å²) >= 11 is 0. The number of hydrogen-bond acceptors (Lipinski definition) is 4. The zero-order valence-electron chi connectivity index (χ0n) is 54.8. The average Bonchev–Trinajstić information content (AvgIpc) is 1.62. The maximum atomic E-state index is 7.16. The molecule has 0 fully saturated rings. The van der Waals surface area contributed by atoms with E-state index in [1.165, 1.54) is 64.6 Å². The molecule has 21 aromatic rings. The molecular formula is C97H56O4. The summed E-state index contributed by atoms with van der Waals surface area (Å²) in [6, 6.07) is 108. The molecule has 0 amide bonds. The molecule has 4 aromatic heterocycles. The third-order valence-corrected chi connectivity index (χ3v) is 21.9. The minimum atomic E-state index is 0.718. The SMILES string of the molecule is C=Cc1oc2c(-c3cc4c(cc3-c3cccc5c3oc3ccccc35)-c3cc5c6ccccc6c6ccccc6c5cc3-c3cc(-c5cccc6c5oc5ccccc56)c(-c5cccc6c5oc5ccccc56)cc3-c3cc5c6ccccc6c6ccccc6c5cc3-4)cccc2c1/C=C\C. The normalized spacial score (nSPS) is 12.4. The second-order valence-corrected chi connectivity index (χ2v) is 27.1. The van der Waals surface area contributed by atoms with Crippen molar-refractivity contribution in [1.29, 1.82) is 0 Å². The predicted molar refractivity (Wildman–Crippen MR) is 425 cm³/mol. The van der Waals surface area contributed by atoms with E-state index in [0.29, 0.717) is 0 Å². The number of allylic oxidation sites excluding steroid dienone is 1. The Hall–Kier alpha value is -13.3. The lowest BCUT2D eigenvalue weighted by molar-refractivity contribution is 0.604. The summed E-state index contributed by atoms with van der Waals surface area (Å²) in [6.45, 7) is 6.35. The Kier molecular flexibility index (Phi) is 11.7. The van der Waals surface area contributed by atoms with Gasteiger partial charge in [0, 0.05) is 65.5 Å². The van der Waals surface area contributed by atoms with Crippen molar-refractivity contribution in [2.75, 3.05) is 0 Å². The topological polar surface area (TPSA) is 52.6 Å². The van der Waals surface area contributed by atoms with Crippen molar-refractivity contribution in [1.82, 2.24) is 0 Å². The minimum absolute atomic E-state index is 0.718. The number of fused-ring (bicyclic) bond motifs is 30. The standard InChI is InChI=1S/C97H56O4/c1-3-23-62-66-35-19-39-70(94(66)98-90(62)4-2)78-50-86-82-46-74-58-28-9-5-24-54(58)55-25-6-10-29-59(55)75(74)47-83(82)88-52-80(72-41-21-37-68-64-33-14-17-44-92(64)100-96(68)72)81(73-42-22-38-69-65-34-15-18-45-93(65)101-97(69)73)53-89(88)85-49-77-61-31-12-8-27-57(61)56-26-7-11-30-60(56)76(77)48-84(85)87(86)51-79(78)71-40-20-36-67-63-32-13-16-43-91(63)99-95(67)71/h3-53H,2H2,1H3/b23-3-,86-82?,87-84?,88-83?,89-85?. The highest BCUT2D eigenvalue weighted by molar-refractivity contribution is 6.30. The van der Waals surface area contributed by atoms with Crippen LogP contribution in [-0.4, -0.2) is 0 Å². The fraction of sp³-hybridized carbons (Fsp3) is 0.0103. The van der Waals surface area contributed by atoms with Crippen LogP contribution in [0.3, 0.4) is 0 Å². The molecule has 0 bridgehead atoms. The van der Waals surface area contributed by atoms with Gasteiger partial charge < -0.3 is 17.7 Å². The van der Waals surface area contributed by atoms with Gasteiger partial charge in [0.15, 0.2) is 0 Å². The van der Waals surface area contributed by atoms with Gasteiger partial charge in [-0.15, -0.1) is 0 Å². The van der Waals surface area contributed by atoms with Crippen molar-refractivity contribution < 1.29 is 17.7 Å². The molecule has 0 atom stereocenters. The lowest BCUT2D eigenvalue weighted by Crippen LogP contribution is -2.02. The highest BCUT2D eigenvalue weighted by atomic mass is 16.3. The molecule has 0 N–H and O–H groups in total. The summed E-state index contributed by atoms with van der Waals surface area (Å²) in [5.74, 6) is 0.718. The zero-order chi connectivity index (χ0) is 66.3. The van der Waals surface area contributed by atoms with Crippen LogP contribution in [0.25, 0.3) is 243 Å². The minimum Gasteiger partial charge on any atom is -0.455 e. The Morgan fingerprint density at radius 3 is 0.723 bits per heavy atom. The molecule has 17 aromatic carbocycles. The Labute approximate surface area is 578 Å². The van der Waals surface area contributed by atoms with E-state index < -0.39 is 0 Å². The highest BCUT2D eigenvalue weighted by Crippen LogP contribution is 2.58. The Bertz CT molecular complexity index is 7250. The van der Waals surface area contributed by atoms with Crippen molar-refractivity contribution in [3.63, 3.8) is 0 Å². The van der Waals surface area contributed by atoms with Crippen LogP contribution in [0, 0.1) is 0 Å². The first-order valence-electron chi connectivity index (χ1n) is 34.7. The van der Waals surface area contributed by atoms with Crippen LogP contribution >= 0.6 is 0 Å². The lowest BCUT2D eigenvalue weighted by atomic mass is 9.75. The smallest absolute Gasteiger partial charge is 0.143 e. The molecule has 101 heavy (non-hydrogen) atoms. The molecule has 0 saturated carbocycles. The monoisotopic (exact) mass is 1280 g/mol. The van der Waals surface area contributed by atoms with Crippen LogP contribution in [0.1, 0.15) is 18.2 Å². The zero-order valence-corrected chi connectivity index (χ0v) is 54.8. The van der Waals surface area contributed by atoms with Gasteiger partial charge in [0.2, 0.25) is 0 Å². The Morgan fingerprint density at radius 1 is 0.208 bits per heavy atom. The summed E-state index contributed by atoms with van der Waals surface area (Å²) in [5.41, 5.74) is 23.4. The van der Waals surface area contributed by atoms with E-state index >= 15 is 0 Å². The van der Waals surface area contributed by atoms with Gasteiger partial charge in [-0.2, -0.15) is 0 Å². The third kappa shape index (κ3) is 7.90. The van der Waals surface area contributed by atoms with Crippen LogP contribution in [0.15, 0.2) is 322 Å². The molecule has 4 heterocycles. The predicted octanol–water partition coefficient (Wildman–Crippen LogP) is 28.4. The molecule has 22 rings (SSSR count). The van der Waals surface area contributed by atoms with Crippen LogP contribution in [0.5, 0.6) is 0 Å². The second-order valence-electron chi connectivity index (χ2n) is 27.1. The van der Waals surface area contributed by atoms with E-state index in [0.717, 1.165) is 177 Å². The fourth-order valence-electron chi connectivity index (χ4n) is 17.5. The van der Waals surface area contributed by atoms with Crippen molar-refractivity contribution in [3.8, 4) is 89.0 Å². The van der Waals surface area contributed by atoms with Crippen molar-refractivity contribution in [3.05, 3.63) is 315 Å². The molecule has 0 radical (unpaired) electrons. The molecule has 1 aliphatic carbocycles. The summed E-state index contributed by atoms with van der Waals surface area (Å²) in [5, 5.41) is 21.6. The molecule has 0 unspecified atom stereocenters. The molecule has 0 spiro atoms. The first-order chi connectivity index (χ1) is 50.0. The van der Waals surface area contributed by atoms with E-state index in [4.69, 9.17) is 17.7 Å². The average molecular weight is 1290 g/mol. The van der Waals surface area contributed by atoms with Crippen molar-refractivity contribution >= 4 is 154 Å². The molecule has 468 valence electrons. The van der Waals surface area contributed by atoms with Crippen molar-refractivity contribution in [2.45, 2.75) is 6.92 Å². The Balaban J connectivity index is 0.979. The first-order valence-corrected chi connectivity index (χ1v) is 34.7. The summed E-state index contributed by atoms with van der Waals surface area (Å²) in [4.78, 5) is 0.